The largest absolute Gasteiger partial charge is 0.236 e. The van der Waals surface area contributed by atoms with Crippen molar-refractivity contribution >= 4 is 64.7 Å². The summed E-state index contributed by atoms with van der Waals surface area (Å²) in [5, 5.41) is 3.01. The Bertz CT molecular complexity index is 2630. The van der Waals surface area contributed by atoms with Crippen LogP contribution in [0.3, 0.4) is 0 Å². The van der Waals surface area contributed by atoms with Gasteiger partial charge in [-0.15, -0.1) is 34.0 Å². The molecule has 0 amide bonds. The Kier molecular flexibility index (Phi) is 7.94. The van der Waals surface area contributed by atoms with Crippen LogP contribution < -0.4 is 0 Å². The predicted octanol–water partition coefficient (Wildman–Crippen LogP) is 12.6. The lowest BCUT2D eigenvalue weighted by Gasteiger charge is -2.12. The third-order valence-electron chi connectivity index (χ3n) is 9.66. The van der Waals surface area contributed by atoms with Gasteiger partial charge in [0.2, 0.25) is 0 Å². The van der Waals surface area contributed by atoms with Gasteiger partial charge in [0.05, 0.1) is 30.6 Å². The Morgan fingerprint density at radius 3 is 0.907 bits per heavy atom. The molecule has 0 aliphatic rings. The number of rotatable bonds is 6. The van der Waals surface area contributed by atoms with Gasteiger partial charge in [0.25, 0.3) is 0 Å². The third kappa shape index (κ3) is 5.87. The van der Waals surface area contributed by atoms with E-state index in [0.717, 1.165) is 81.6 Å². The monoisotopic (exact) mass is 750 g/mol. The highest BCUT2D eigenvalue weighted by Gasteiger charge is 2.18. The van der Waals surface area contributed by atoms with Crippen LogP contribution in [0.5, 0.6) is 0 Å². The van der Waals surface area contributed by atoms with Crippen LogP contribution in [0.2, 0.25) is 0 Å². The Morgan fingerprint density at radius 1 is 0.333 bits per heavy atom. The molecule has 0 aliphatic heterocycles. The topological polar surface area (TPSA) is 77.3 Å². The number of aryl methyl sites for hydroxylation is 3. The predicted molar refractivity (Wildman–Crippen MR) is 226 cm³/mol. The quantitative estimate of drug-likeness (QED) is 0.168. The van der Waals surface area contributed by atoms with Crippen LogP contribution in [0.15, 0.2) is 127 Å². The van der Waals surface area contributed by atoms with Crippen molar-refractivity contribution in [2.45, 2.75) is 20.8 Å². The maximum atomic E-state index is 5.11. The van der Waals surface area contributed by atoms with E-state index in [4.69, 9.17) is 29.9 Å². The Labute approximate surface area is 323 Å². The number of thiazole rings is 3. The summed E-state index contributed by atoms with van der Waals surface area (Å²) in [6.07, 6.45) is 0. The van der Waals surface area contributed by atoms with Crippen molar-refractivity contribution in [2.24, 2.45) is 0 Å². The van der Waals surface area contributed by atoms with Gasteiger partial charge in [0, 0.05) is 33.4 Å². The maximum absolute atomic E-state index is 5.11. The molecular formula is C45H30N6S3. The fourth-order valence-corrected chi connectivity index (χ4v) is 10.0. The number of aromatic nitrogens is 6. The summed E-state index contributed by atoms with van der Waals surface area (Å²) in [7, 11) is 0. The van der Waals surface area contributed by atoms with Crippen LogP contribution in [-0.2, 0) is 0 Å². The van der Waals surface area contributed by atoms with Crippen molar-refractivity contribution in [2.75, 3.05) is 0 Å². The van der Waals surface area contributed by atoms with Crippen LogP contribution in [-0.4, -0.2) is 29.9 Å². The van der Waals surface area contributed by atoms with E-state index in [2.05, 4.69) is 130 Å². The molecule has 0 atom stereocenters. The summed E-state index contributed by atoms with van der Waals surface area (Å²) in [5.74, 6) is 1.86. The molecule has 10 rings (SSSR count). The number of hydrogen-bond donors (Lipinski definition) is 0. The molecule has 0 fully saturated rings. The van der Waals surface area contributed by atoms with E-state index >= 15 is 0 Å². The minimum atomic E-state index is 0.620. The SMILES string of the molecule is Cc1cc(-c2nc(-c3ccc(-c4nc5ccccc5s4)c(C)c3)nc(-c3ccc(-c4nc5ccccc5s4)c(C)c3)n2)ccc1-c1nc2ccccc2s1. The van der Waals surface area contributed by atoms with Crippen LogP contribution in [0, 0.1) is 20.8 Å². The highest BCUT2D eigenvalue weighted by atomic mass is 32.1. The Hall–Kier alpha value is -6.00. The second-order valence-corrected chi connectivity index (χ2v) is 16.4. The molecular weight excluding hydrogens is 721 g/mol. The van der Waals surface area contributed by atoms with E-state index < -0.39 is 0 Å². The van der Waals surface area contributed by atoms with Gasteiger partial charge >= 0.3 is 0 Å². The van der Waals surface area contributed by atoms with Crippen LogP contribution in [0.25, 0.3) is 96.5 Å². The minimum Gasteiger partial charge on any atom is -0.236 e. The minimum absolute atomic E-state index is 0.620. The van der Waals surface area contributed by atoms with Gasteiger partial charge in [0.1, 0.15) is 15.0 Å². The fourth-order valence-electron chi connectivity index (χ4n) is 6.85. The van der Waals surface area contributed by atoms with E-state index in [1.807, 2.05) is 18.2 Å². The van der Waals surface area contributed by atoms with Crippen molar-refractivity contribution in [3.63, 3.8) is 0 Å². The van der Waals surface area contributed by atoms with Gasteiger partial charge in [-0.05, 0) is 92.1 Å². The number of para-hydroxylation sites is 3. The second-order valence-electron chi connectivity index (χ2n) is 13.4. The van der Waals surface area contributed by atoms with Crippen molar-refractivity contribution in [3.8, 4) is 65.9 Å². The molecule has 6 aromatic carbocycles. The van der Waals surface area contributed by atoms with Crippen molar-refractivity contribution in [1.82, 2.24) is 29.9 Å². The van der Waals surface area contributed by atoms with E-state index in [1.165, 1.54) is 14.1 Å². The van der Waals surface area contributed by atoms with Crippen LogP contribution >= 0.6 is 34.0 Å². The first kappa shape index (κ1) is 32.6. The van der Waals surface area contributed by atoms with Crippen molar-refractivity contribution in [1.29, 1.82) is 0 Å². The lowest BCUT2D eigenvalue weighted by molar-refractivity contribution is 1.07. The van der Waals surface area contributed by atoms with E-state index in [0.29, 0.717) is 17.5 Å². The summed E-state index contributed by atoms with van der Waals surface area (Å²) in [5.41, 5.74) is 12.5. The number of fused-ring (bicyclic) bond motifs is 3. The third-order valence-corrected chi connectivity index (χ3v) is 12.9. The highest BCUT2D eigenvalue weighted by Crippen LogP contribution is 2.38. The van der Waals surface area contributed by atoms with Crippen LogP contribution in [0.4, 0.5) is 0 Å². The lowest BCUT2D eigenvalue weighted by Crippen LogP contribution is -2.01. The first-order valence-electron chi connectivity index (χ1n) is 17.6. The van der Waals surface area contributed by atoms with E-state index in [1.54, 1.807) is 34.0 Å². The van der Waals surface area contributed by atoms with E-state index in [9.17, 15) is 0 Å². The Balaban J connectivity index is 1.07. The number of hydrogen-bond acceptors (Lipinski definition) is 9. The van der Waals surface area contributed by atoms with Gasteiger partial charge in [-0.25, -0.2) is 29.9 Å². The summed E-state index contributed by atoms with van der Waals surface area (Å²) in [4.78, 5) is 30.1. The van der Waals surface area contributed by atoms with Gasteiger partial charge < -0.3 is 0 Å². The first-order chi connectivity index (χ1) is 26.4. The average Bonchev–Trinajstić information content (AvgIpc) is 3.94. The summed E-state index contributed by atoms with van der Waals surface area (Å²) in [6, 6.07) is 44.0. The van der Waals surface area contributed by atoms with Crippen molar-refractivity contribution in [3.05, 3.63) is 144 Å². The molecule has 0 spiro atoms. The normalized spacial score (nSPS) is 11.6. The number of benzene rings is 6. The molecule has 4 aromatic heterocycles. The molecule has 0 saturated heterocycles. The van der Waals surface area contributed by atoms with Gasteiger partial charge in [-0.3, -0.25) is 0 Å². The molecule has 6 nitrogen and oxygen atoms in total. The molecule has 0 saturated carbocycles. The molecule has 258 valence electrons. The zero-order valence-corrected chi connectivity index (χ0v) is 32.0. The highest BCUT2D eigenvalue weighted by molar-refractivity contribution is 7.22. The van der Waals surface area contributed by atoms with E-state index in [-0.39, 0.29) is 0 Å². The molecule has 54 heavy (non-hydrogen) atoms. The molecule has 0 unspecified atom stereocenters. The Morgan fingerprint density at radius 2 is 0.630 bits per heavy atom. The molecule has 9 heteroatoms. The number of nitrogens with zero attached hydrogens (tertiary/aromatic N) is 6. The fraction of sp³-hybridized carbons (Fsp3) is 0.0667. The molecule has 0 radical (unpaired) electrons. The summed E-state index contributed by atoms with van der Waals surface area (Å²) < 4.78 is 3.53. The standard InChI is InChI=1S/C45H30N6S3/c1-25-22-28(16-19-31(25)43-46-34-10-4-7-13-37(34)52-43)40-49-41(29-17-20-32(26(2)23-29)44-47-35-11-5-8-14-38(35)53-44)51-42(50-40)30-18-21-33(27(3)24-30)45-48-36-12-6-9-15-39(36)54-45/h4-24H,1-3H3. The summed E-state index contributed by atoms with van der Waals surface area (Å²) >= 11 is 5.13. The van der Waals surface area contributed by atoms with Gasteiger partial charge in [-0.2, -0.15) is 0 Å². The smallest absolute Gasteiger partial charge is 0.164 e. The average molecular weight is 751 g/mol. The molecule has 0 aliphatic carbocycles. The molecule has 0 bridgehead atoms. The second kappa shape index (κ2) is 13.1. The van der Waals surface area contributed by atoms with Gasteiger partial charge in [0.15, 0.2) is 17.5 Å². The van der Waals surface area contributed by atoms with Gasteiger partial charge in [-0.1, -0.05) is 72.8 Å². The van der Waals surface area contributed by atoms with Crippen molar-refractivity contribution < 1.29 is 0 Å². The first-order valence-corrected chi connectivity index (χ1v) is 20.1. The molecule has 10 aromatic rings. The molecule has 0 N–H and O–H groups in total. The lowest BCUT2D eigenvalue weighted by atomic mass is 10.0. The molecule has 4 heterocycles. The zero-order valence-electron chi connectivity index (χ0n) is 29.5. The maximum Gasteiger partial charge on any atom is 0.164 e. The zero-order chi connectivity index (χ0) is 36.3. The summed E-state index contributed by atoms with van der Waals surface area (Å²) in [6.45, 7) is 6.38. The van der Waals surface area contributed by atoms with Crippen LogP contribution in [0.1, 0.15) is 16.7 Å².